The van der Waals surface area contributed by atoms with Crippen molar-refractivity contribution in [1.29, 1.82) is 0 Å². The lowest BCUT2D eigenvalue weighted by Crippen LogP contribution is -2.15. The van der Waals surface area contributed by atoms with Crippen LogP contribution >= 0.6 is 0 Å². The van der Waals surface area contributed by atoms with Gasteiger partial charge in [-0.25, -0.2) is 4.79 Å². The summed E-state index contributed by atoms with van der Waals surface area (Å²) in [6.45, 7) is 0.958. The van der Waals surface area contributed by atoms with Crippen molar-refractivity contribution in [2.24, 2.45) is 5.92 Å². The van der Waals surface area contributed by atoms with Gasteiger partial charge in [0.25, 0.3) is 0 Å². The molecule has 21 heavy (non-hydrogen) atoms. The van der Waals surface area contributed by atoms with Crippen LogP contribution < -0.4 is 0 Å². The zero-order chi connectivity index (χ0) is 14.9. The number of carbonyl (C=O) groups is 2. The van der Waals surface area contributed by atoms with Crippen LogP contribution in [0.3, 0.4) is 0 Å². The Bertz CT molecular complexity index is 455. The van der Waals surface area contributed by atoms with Gasteiger partial charge in [0.05, 0.1) is 24.7 Å². The summed E-state index contributed by atoms with van der Waals surface area (Å²) in [6.07, 6.45) is 5.42. The van der Waals surface area contributed by atoms with Crippen molar-refractivity contribution in [1.82, 2.24) is 0 Å². The van der Waals surface area contributed by atoms with Crippen molar-refractivity contribution in [2.45, 2.75) is 38.5 Å². The van der Waals surface area contributed by atoms with Crippen molar-refractivity contribution < 1.29 is 19.1 Å². The van der Waals surface area contributed by atoms with E-state index >= 15 is 0 Å². The van der Waals surface area contributed by atoms with Crippen LogP contribution in [0, 0.1) is 5.92 Å². The predicted molar refractivity (Wildman–Crippen MR) is 78.9 cm³/mol. The molecule has 1 aliphatic heterocycles. The maximum absolute atomic E-state index is 11.7. The fourth-order valence-corrected chi connectivity index (χ4v) is 2.48. The summed E-state index contributed by atoms with van der Waals surface area (Å²) >= 11 is 0. The molecule has 0 radical (unpaired) electrons. The summed E-state index contributed by atoms with van der Waals surface area (Å²) in [6, 6.07) is 8.97. The standard InChI is InChI=1S/C17H22O4/c18-16(14-8-2-1-3-9-14)20-12-6-4-10-15-11-5-7-13-21-17(15)19/h1-3,8-9,15H,4-7,10-13H2. The number of benzene rings is 1. The number of carbonyl (C=O) groups excluding carboxylic acids is 2. The Morgan fingerprint density at radius 3 is 2.81 bits per heavy atom. The van der Waals surface area contributed by atoms with Gasteiger partial charge in [0.1, 0.15) is 0 Å². The lowest BCUT2D eigenvalue weighted by molar-refractivity contribution is -0.147. The number of esters is 2. The molecule has 0 aliphatic carbocycles. The van der Waals surface area contributed by atoms with Crippen LogP contribution in [-0.4, -0.2) is 25.2 Å². The predicted octanol–water partition coefficient (Wildman–Crippen LogP) is 3.36. The first-order chi connectivity index (χ1) is 10.3. The lowest BCUT2D eigenvalue weighted by Gasteiger charge is -2.11. The van der Waals surface area contributed by atoms with E-state index in [-0.39, 0.29) is 17.9 Å². The molecular formula is C17H22O4. The molecule has 0 saturated carbocycles. The molecule has 1 heterocycles. The van der Waals surface area contributed by atoms with Crippen molar-refractivity contribution >= 4 is 11.9 Å². The molecular weight excluding hydrogens is 268 g/mol. The molecule has 1 aliphatic rings. The van der Waals surface area contributed by atoms with Crippen LogP contribution in [0.1, 0.15) is 48.9 Å². The van der Waals surface area contributed by atoms with Gasteiger partial charge in [0.15, 0.2) is 0 Å². The van der Waals surface area contributed by atoms with Gasteiger partial charge in [-0.15, -0.1) is 0 Å². The fraction of sp³-hybridized carbons (Fsp3) is 0.529. The van der Waals surface area contributed by atoms with E-state index in [2.05, 4.69) is 0 Å². The number of hydrogen-bond acceptors (Lipinski definition) is 4. The van der Waals surface area contributed by atoms with Gasteiger partial charge in [-0.2, -0.15) is 0 Å². The molecule has 0 amide bonds. The second-order valence-electron chi connectivity index (χ2n) is 5.36. The normalized spacial score (nSPS) is 18.7. The third-order valence-electron chi connectivity index (χ3n) is 3.71. The molecule has 1 aromatic rings. The fourth-order valence-electron chi connectivity index (χ4n) is 2.48. The quantitative estimate of drug-likeness (QED) is 0.595. The van der Waals surface area contributed by atoms with Gasteiger partial charge in [-0.1, -0.05) is 18.2 Å². The van der Waals surface area contributed by atoms with E-state index < -0.39 is 0 Å². The van der Waals surface area contributed by atoms with Gasteiger partial charge in [-0.05, 0) is 50.7 Å². The minimum atomic E-state index is -0.288. The highest BCUT2D eigenvalue weighted by molar-refractivity contribution is 5.89. The van der Waals surface area contributed by atoms with Crippen LogP contribution in [0.2, 0.25) is 0 Å². The van der Waals surface area contributed by atoms with E-state index in [0.29, 0.717) is 18.8 Å². The second-order valence-corrected chi connectivity index (χ2v) is 5.36. The first kappa shape index (κ1) is 15.5. The number of cyclic esters (lactones) is 1. The van der Waals surface area contributed by atoms with Gasteiger partial charge in [0.2, 0.25) is 0 Å². The van der Waals surface area contributed by atoms with Crippen LogP contribution in [0.15, 0.2) is 30.3 Å². The van der Waals surface area contributed by atoms with E-state index in [4.69, 9.17) is 9.47 Å². The Kier molecular flexibility index (Phi) is 6.25. The van der Waals surface area contributed by atoms with Crippen LogP contribution in [0.4, 0.5) is 0 Å². The van der Waals surface area contributed by atoms with Gasteiger partial charge in [0, 0.05) is 0 Å². The molecule has 114 valence electrons. The van der Waals surface area contributed by atoms with Crippen LogP contribution in [-0.2, 0) is 14.3 Å². The second kappa shape index (κ2) is 8.45. The van der Waals surface area contributed by atoms with E-state index in [0.717, 1.165) is 38.5 Å². The monoisotopic (exact) mass is 290 g/mol. The molecule has 2 rings (SSSR count). The number of unbranched alkanes of at least 4 members (excludes halogenated alkanes) is 1. The first-order valence-corrected chi connectivity index (χ1v) is 7.66. The van der Waals surface area contributed by atoms with Crippen molar-refractivity contribution in [3.63, 3.8) is 0 Å². The zero-order valence-electron chi connectivity index (χ0n) is 12.3. The molecule has 0 spiro atoms. The first-order valence-electron chi connectivity index (χ1n) is 7.66. The Hall–Kier alpha value is -1.84. The van der Waals surface area contributed by atoms with Crippen molar-refractivity contribution in [3.05, 3.63) is 35.9 Å². The van der Waals surface area contributed by atoms with E-state index in [1.165, 1.54) is 0 Å². The largest absolute Gasteiger partial charge is 0.465 e. The topological polar surface area (TPSA) is 52.6 Å². The molecule has 1 aromatic carbocycles. The summed E-state index contributed by atoms with van der Waals surface area (Å²) in [7, 11) is 0. The lowest BCUT2D eigenvalue weighted by atomic mass is 9.97. The highest BCUT2D eigenvalue weighted by Gasteiger charge is 2.21. The minimum Gasteiger partial charge on any atom is -0.465 e. The highest BCUT2D eigenvalue weighted by Crippen LogP contribution is 2.21. The van der Waals surface area contributed by atoms with Gasteiger partial charge in [-0.3, -0.25) is 4.79 Å². The average molecular weight is 290 g/mol. The summed E-state index contributed by atoms with van der Waals surface area (Å²) in [4.78, 5) is 23.4. The molecule has 0 N–H and O–H groups in total. The molecule has 0 bridgehead atoms. The summed E-state index contributed by atoms with van der Waals surface area (Å²) < 4.78 is 10.4. The molecule has 4 heteroatoms. The Morgan fingerprint density at radius 1 is 1.19 bits per heavy atom. The van der Waals surface area contributed by atoms with E-state index in [1.54, 1.807) is 12.1 Å². The Balaban J connectivity index is 1.61. The smallest absolute Gasteiger partial charge is 0.338 e. The summed E-state index contributed by atoms with van der Waals surface area (Å²) in [5.41, 5.74) is 0.574. The highest BCUT2D eigenvalue weighted by atomic mass is 16.5. The number of ether oxygens (including phenoxy) is 2. The van der Waals surface area contributed by atoms with Crippen LogP contribution in [0.25, 0.3) is 0 Å². The number of rotatable bonds is 6. The number of hydrogen-bond donors (Lipinski definition) is 0. The SMILES string of the molecule is O=C(OCCCCC1CCCCOC1=O)c1ccccc1. The molecule has 1 fully saturated rings. The van der Waals surface area contributed by atoms with Crippen molar-refractivity contribution in [3.8, 4) is 0 Å². The zero-order valence-corrected chi connectivity index (χ0v) is 12.3. The van der Waals surface area contributed by atoms with Crippen LogP contribution in [0.5, 0.6) is 0 Å². The molecule has 0 aromatic heterocycles. The maximum atomic E-state index is 11.7. The third kappa shape index (κ3) is 5.21. The molecule has 4 nitrogen and oxygen atoms in total. The van der Waals surface area contributed by atoms with Gasteiger partial charge < -0.3 is 9.47 Å². The Labute approximate surface area is 125 Å². The summed E-state index contributed by atoms with van der Waals surface area (Å²) in [5, 5.41) is 0. The average Bonchev–Trinajstić information content (AvgIpc) is 2.72. The summed E-state index contributed by atoms with van der Waals surface area (Å²) in [5.74, 6) is -0.324. The minimum absolute atomic E-state index is 0.0253. The Morgan fingerprint density at radius 2 is 2.00 bits per heavy atom. The molecule has 1 saturated heterocycles. The van der Waals surface area contributed by atoms with Crippen molar-refractivity contribution in [2.75, 3.05) is 13.2 Å². The maximum Gasteiger partial charge on any atom is 0.338 e. The van der Waals surface area contributed by atoms with E-state index in [9.17, 15) is 9.59 Å². The molecule has 1 unspecified atom stereocenters. The van der Waals surface area contributed by atoms with Gasteiger partial charge >= 0.3 is 11.9 Å². The third-order valence-corrected chi connectivity index (χ3v) is 3.71. The van der Waals surface area contributed by atoms with E-state index in [1.807, 2.05) is 18.2 Å². The molecule has 1 atom stereocenters.